The van der Waals surface area contributed by atoms with Gasteiger partial charge in [0.25, 0.3) is 0 Å². The van der Waals surface area contributed by atoms with Crippen molar-refractivity contribution >= 4 is 5.97 Å². The fourth-order valence-electron chi connectivity index (χ4n) is 2.28. The van der Waals surface area contributed by atoms with Gasteiger partial charge in [0, 0.05) is 6.54 Å². The van der Waals surface area contributed by atoms with Crippen molar-refractivity contribution in [1.29, 1.82) is 0 Å². The molecule has 1 N–H and O–H groups in total. The van der Waals surface area contributed by atoms with E-state index < -0.39 is 5.97 Å². The van der Waals surface area contributed by atoms with Gasteiger partial charge in [-0.3, -0.25) is 9.69 Å². The lowest BCUT2D eigenvalue weighted by Gasteiger charge is -2.20. The van der Waals surface area contributed by atoms with Gasteiger partial charge in [0.2, 0.25) is 0 Å². The van der Waals surface area contributed by atoms with E-state index in [4.69, 9.17) is 5.11 Å². The molecule has 1 saturated carbocycles. The Bertz CT molecular complexity index is 213. The summed E-state index contributed by atoms with van der Waals surface area (Å²) >= 11 is 0. The number of hydrogen-bond donors (Lipinski definition) is 1. The van der Waals surface area contributed by atoms with Crippen molar-refractivity contribution in [2.45, 2.75) is 32.2 Å². The zero-order chi connectivity index (χ0) is 9.42. The number of rotatable bonds is 3. The number of carbonyl (C=O) groups is 1. The molecule has 1 aliphatic heterocycles. The first-order chi connectivity index (χ1) is 6.18. The first-order valence-electron chi connectivity index (χ1n) is 5.15. The summed E-state index contributed by atoms with van der Waals surface area (Å²) in [7, 11) is 0. The average Bonchev–Trinajstić information content (AvgIpc) is 2.83. The van der Waals surface area contributed by atoms with E-state index in [1.807, 2.05) is 0 Å². The molecular formula is C10H17NO2. The molecule has 3 nitrogen and oxygen atoms in total. The van der Waals surface area contributed by atoms with Crippen molar-refractivity contribution in [3.63, 3.8) is 0 Å². The molecule has 0 radical (unpaired) electrons. The summed E-state index contributed by atoms with van der Waals surface area (Å²) in [5.41, 5.74) is 0. The Morgan fingerprint density at radius 2 is 2.08 bits per heavy atom. The molecule has 0 aromatic carbocycles. The summed E-state index contributed by atoms with van der Waals surface area (Å²) in [6.45, 7) is 3.78. The van der Waals surface area contributed by atoms with Crippen LogP contribution in [0.15, 0.2) is 0 Å². The van der Waals surface area contributed by atoms with Gasteiger partial charge in [-0.25, -0.2) is 0 Å². The summed E-state index contributed by atoms with van der Waals surface area (Å²) < 4.78 is 0. The van der Waals surface area contributed by atoms with E-state index in [0.717, 1.165) is 24.9 Å². The largest absolute Gasteiger partial charge is 0.480 e. The molecule has 2 atom stereocenters. The molecule has 1 heterocycles. The van der Waals surface area contributed by atoms with Crippen LogP contribution in [0.2, 0.25) is 0 Å². The summed E-state index contributed by atoms with van der Waals surface area (Å²) in [6, 6.07) is -0.288. The SMILES string of the molecule is CC(C(=O)O)N1CCC(C2CC2)C1. The van der Waals surface area contributed by atoms with Gasteiger partial charge in [0.1, 0.15) is 6.04 Å². The van der Waals surface area contributed by atoms with Gasteiger partial charge in [-0.2, -0.15) is 0 Å². The molecule has 2 aliphatic rings. The minimum Gasteiger partial charge on any atom is -0.480 e. The molecule has 0 aromatic rings. The molecule has 2 unspecified atom stereocenters. The smallest absolute Gasteiger partial charge is 0.320 e. The number of carboxylic acids is 1. The highest BCUT2D eigenvalue weighted by Gasteiger charge is 2.38. The van der Waals surface area contributed by atoms with E-state index in [1.54, 1.807) is 6.92 Å². The fourth-order valence-corrected chi connectivity index (χ4v) is 2.28. The van der Waals surface area contributed by atoms with Crippen LogP contribution in [0.25, 0.3) is 0 Å². The predicted octanol–water partition coefficient (Wildman–Crippen LogP) is 1.19. The van der Waals surface area contributed by atoms with Gasteiger partial charge in [0.05, 0.1) is 0 Å². The Kier molecular flexibility index (Phi) is 2.28. The van der Waals surface area contributed by atoms with E-state index in [-0.39, 0.29) is 6.04 Å². The van der Waals surface area contributed by atoms with Crippen molar-refractivity contribution in [3.05, 3.63) is 0 Å². The van der Waals surface area contributed by atoms with Gasteiger partial charge in [0.15, 0.2) is 0 Å². The maximum absolute atomic E-state index is 10.7. The van der Waals surface area contributed by atoms with Crippen molar-refractivity contribution in [3.8, 4) is 0 Å². The molecule has 1 saturated heterocycles. The summed E-state index contributed by atoms with van der Waals surface area (Å²) in [5, 5.41) is 8.84. The van der Waals surface area contributed by atoms with Crippen molar-refractivity contribution in [2.24, 2.45) is 11.8 Å². The van der Waals surface area contributed by atoms with Crippen molar-refractivity contribution in [2.75, 3.05) is 13.1 Å². The molecule has 0 spiro atoms. The van der Waals surface area contributed by atoms with E-state index in [0.29, 0.717) is 0 Å². The standard InChI is InChI=1S/C10H17NO2/c1-7(10(12)13)11-5-4-9(6-11)8-2-3-8/h7-9H,2-6H2,1H3,(H,12,13). The molecule has 0 amide bonds. The molecule has 3 heteroatoms. The van der Waals surface area contributed by atoms with Crippen LogP contribution in [-0.4, -0.2) is 35.1 Å². The van der Waals surface area contributed by atoms with Gasteiger partial charge >= 0.3 is 5.97 Å². The van der Waals surface area contributed by atoms with E-state index >= 15 is 0 Å². The first kappa shape index (κ1) is 9.00. The summed E-state index contributed by atoms with van der Waals surface area (Å²) in [5.74, 6) is 1.03. The molecule has 0 aromatic heterocycles. The lowest BCUT2D eigenvalue weighted by Crippen LogP contribution is -2.37. The van der Waals surface area contributed by atoms with Crippen LogP contribution >= 0.6 is 0 Å². The zero-order valence-electron chi connectivity index (χ0n) is 8.07. The van der Waals surface area contributed by atoms with Gasteiger partial charge in [-0.05, 0) is 44.6 Å². The first-order valence-corrected chi connectivity index (χ1v) is 5.15. The molecule has 2 rings (SSSR count). The fraction of sp³-hybridized carbons (Fsp3) is 0.900. The Morgan fingerprint density at radius 1 is 1.38 bits per heavy atom. The monoisotopic (exact) mass is 183 g/mol. The van der Waals surface area contributed by atoms with E-state index in [2.05, 4.69) is 4.90 Å². The normalized spacial score (nSPS) is 31.9. The third-order valence-electron chi connectivity index (χ3n) is 3.45. The van der Waals surface area contributed by atoms with Crippen LogP contribution in [0.3, 0.4) is 0 Å². The topological polar surface area (TPSA) is 40.5 Å². The summed E-state index contributed by atoms with van der Waals surface area (Å²) in [6.07, 6.45) is 3.96. The Morgan fingerprint density at radius 3 is 2.62 bits per heavy atom. The maximum atomic E-state index is 10.7. The Labute approximate surface area is 78.7 Å². The lowest BCUT2D eigenvalue weighted by molar-refractivity contribution is -0.142. The van der Waals surface area contributed by atoms with Crippen molar-refractivity contribution < 1.29 is 9.90 Å². The second-order valence-corrected chi connectivity index (χ2v) is 4.40. The quantitative estimate of drug-likeness (QED) is 0.714. The lowest BCUT2D eigenvalue weighted by atomic mass is 10.0. The third-order valence-corrected chi connectivity index (χ3v) is 3.45. The second-order valence-electron chi connectivity index (χ2n) is 4.40. The molecule has 2 fully saturated rings. The number of nitrogens with zero attached hydrogens (tertiary/aromatic N) is 1. The van der Waals surface area contributed by atoms with E-state index in [9.17, 15) is 4.79 Å². The molecule has 74 valence electrons. The second kappa shape index (κ2) is 3.29. The molecule has 13 heavy (non-hydrogen) atoms. The number of likely N-dealkylation sites (tertiary alicyclic amines) is 1. The minimum absolute atomic E-state index is 0.288. The number of carboxylic acid groups (broad SMARTS) is 1. The van der Waals surface area contributed by atoms with Crippen LogP contribution < -0.4 is 0 Å². The van der Waals surface area contributed by atoms with Gasteiger partial charge < -0.3 is 5.11 Å². The van der Waals surface area contributed by atoms with Crippen LogP contribution in [0, 0.1) is 11.8 Å². The van der Waals surface area contributed by atoms with Crippen LogP contribution in [0.4, 0.5) is 0 Å². The van der Waals surface area contributed by atoms with Crippen LogP contribution in [0.5, 0.6) is 0 Å². The summed E-state index contributed by atoms with van der Waals surface area (Å²) in [4.78, 5) is 12.8. The number of aliphatic carboxylic acids is 1. The Hall–Kier alpha value is -0.570. The van der Waals surface area contributed by atoms with Gasteiger partial charge in [-0.15, -0.1) is 0 Å². The predicted molar refractivity (Wildman–Crippen MR) is 49.5 cm³/mol. The van der Waals surface area contributed by atoms with E-state index in [1.165, 1.54) is 19.3 Å². The average molecular weight is 183 g/mol. The minimum atomic E-state index is -0.684. The van der Waals surface area contributed by atoms with Crippen LogP contribution in [-0.2, 0) is 4.79 Å². The van der Waals surface area contributed by atoms with Crippen molar-refractivity contribution in [1.82, 2.24) is 4.90 Å². The highest BCUT2D eigenvalue weighted by atomic mass is 16.4. The zero-order valence-corrected chi connectivity index (χ0v) is 8.07. The number of hydrogen-bond acceptors (Lipinski definition) is 2. The highest BCUT2D eigenvalue weighted by Crippen LogP contribution is 2.41. The third kappa shape index (κ3) is 1.85. The van der Waals surface area contributed by atoms with Crippen LogP contribution in [0.1, 0.15) is 26.2 Å². The molecular weight excluding hydrogens is 166 g/mol. The van der Waals surface area contributed by atoms with Gasteiger partial charge in [-0.1, -0.05) is 0 Å². The molecule has 0 bridgehead atoms. The molecule has 1 aliphatic carbocycles. The Balaban J connectivity index is 1.86. The maximum Gasteiger partial charge on any atom is 0.320 e. The highest BCUT2D eigenvalue weighted by molar-refractivity contribution is 5.72.